The number of carbonyl (C=O) groups is 1. The van der Waals surface area contributed by atoms with Gasteiger partial charge in [0.25, 0.3) is 0 Å². The molecule has 0 spiro atoms. The molecular weight excluding hydrogens is 286 g/mol. The normalized spacial score (nSPS) is 22.0. The van der Waals surface area contributed by atoms with E-state index in [1.54, 1.807) is 24.3 Å². The lowest BCUT2D eigenvalue weighted by molar-refractivity contribution is -0.0732. The average Bonchev–Trinajstić information content (AvgIpc) is 2.36. The number of hydrogen-bond acceptors (Lipinski definition) is 3. The maximum atomic E-state index is 12.2. The Labute approximate surface area is 132 Å². The Morgan fingerprint density at radius 2 is 1.62 bits per heavy atom. The van der Waals surface area contributed by atoms with Crippen molar-refractivity contribution in [3.05, 3.63) is 34.9 Å². The Balaban J connectivity index is 2.09. The monoisotopic (exact) mass is 309 g/mol. The summed E-state index contributed by atoms with van der Waals surface area (Å²) in [4.78, 5) is 14.6. The molecule has 0 unspecified atom stereocenters. The van der Waals surface area contributed by atoms with Crippen molar-refractivity contribution >= 4 is 17.6 Å². The van der Waals surface area contributed by atoms with Gasteiger partial charge in [0.05, 0.1) is 5.56 Å². The summed E-state index contributed by atoms with van der Waals surface area (Å²) in [5.74, 6) is -0.271. The van der Waals surface area contributed by atoms with Crippen LogP contribution in [-0.2, 0) is 4.74 Å². The molecule has 1 aromatic rings. The van der Waals surface area contributed by atoms with Crippen molar-refractivity contribution in [1.82, 2.24) is 4.90 Å². The zero-order valence-electron chi connectivity index (χ0n) is 13.4. The first-order chi connectivity index (χ1) is 9.62. The second-order valence-electron chi connectivity index (χ2n) is 7.13. The summed E-state index contributed by atoms with van der Waals surface area (Å²) < 4.78 is 5.73. The van der Waals surface area contributed by atoms with E-state index in [1.165, 1.54) is 0 Å². The number of piperidine rings is 1. The first-order valence-electron chi connectivity index (χ1n) is 7.32. The van der Waals surface area contributed by atoms with E-state index in [-0.39, 0.29) is 23.2 Å². The highest BCUT2D eigenvalue weighted by atomic mass is 35.5. The van der Waals surface area contributed by atoms with Crippen molar-refractivity contribution in [2.24, 2.45) is 0 Å². The Hall–Kier alpha value is -1.06. The summed E-state index contributed by atoms with van der Waals surface area (Å²) in [6, 6.07) is 6.83. The van der Waals surface area contributed by atoms with Crippen LogP contribution in [0.3, 0.4) is 0 Å². The molecule has 0 N–H and O–H groups in total. The van der Waals surface area contributed by atoms with Crippen LogP contribution in [0.4, 0.5) is 0 Å². The minimum absolute atomic E-state index is 0.00664. The van der Waals surface area contributed by atoms with Crippen LogP contribution in [0.15, 0.2) is 24.3 Å². The van der Waals surface area contributed by atoms with Gasteiger partial charge in [-0.2, -0.15) is 0 Å². The van der Waals surface area contributed by atoms with Gasteiger partial charge in [0.2, 0.25) is 0 Å². The van der Waals surface area contributed by atoms with E-state index in [1.807, 2.05) is 0 Å². The summed E-state index contributed by atoms with van der Waals surface area (Å²) in [5.41, 5.74) is 0.563. The number of benzene rings is 1. The predicted molar refractivity (Wildman–Crippen MR) is 85.8 cm³/mol. The van der Waals surface area contributed by atoms with Crippen molar-refractivity contribution in [3.8, 4) is 0 Å². The largest absolute Gasteiger partial charge is 0.459 e. The number of halogens is 1. The fraction of sp³-hybridized carbons (Fsp3) is 0.588. The third-order valence-electron chi connectivity index (χ3n) is 4.62. The molecule has 21 heavy (non-hydrogen) atoms. The van der Waals surface area contributed by atoms with Gasteiger partial charge in [0.1, 0.15) is 6.10 Å². The molecule has 116 valence electrons. The third kappa shape index (κ3) is 3.58. The lowest BCUT2D eigenvalue weighted by Crippen LogP contribution is -2.60. The number of ether oxygens (including phenoxy) is 1. The van der Waals surface area contributed by atoms with Gasteiger partial charge in [0, 0.05) is 28.9 Å². The number of nitrogens with zero attached hydrogens (tertiary/aromatic N) is 1. The number of hydrogen-bond donors (Lipinski definition) is 0. The van der Waals surface area contributed by atoms with Crippen LogP contribution >= 0.6 is 11.6 Å². The maximum Gasteiger partial charge on any atom is 0.338 e. The molecule has 0 atom stereocenters. The van der Waals surface area contributed by atoms with Crippen LogP contribution in [0.2, 0.25) is 5.02 Å². The van der Waals surface area contributed by atoms with Crippen molar-refractivity contribution in [1.29, 1.82) is 0 Å². The smallest absolute Gasteiger partial charge is 0.338 e. The highest BCUT2D eigenvalue weighted by Crippen LogP contribution is 2.38. The Morgan fingerprint density at radius 3 is 2.10 bits per heavy atom. The van der Waals surface area contributed by atoms with Crippen molar-refractivity contribution < 1.29 is 9.53 Å². The molecule has 1 fully saturated rings. The molecule has 3 nitrogen and oxygen atoms in total. The zero-order valence-corrected chi connectivity index (χ0v) is 14.2. The molecule has 0 saturated carbocycles. The van der Waals surface area contributed by atoms with E-state index in [4.69, 9.17) is 16.3 Å². The summed E-state index contributed by atoms with van der Waals surface area (Å²) in [7, 11) is 2.14. The molecule has 0 amide bonds. The molecule has 0 aliphatic carbocycles. The molecule has 0 bridgehead atoms. The SMILES string of the molecule is CN1C(C)(C)CC(OC(=O)c2ccc(Cl)cc2)CC1(C)C. The highest BCUT2D eigenvalue weighted by Gasteiger charge is 2.44. The molecule has 0 radical (unpaired) electrons. The van der Waals surface area contributed by atoms with Crippen LogP contribution in [0.1, 0.15) is 50.9 Å². The zero-order chi connectivity index (χ0) is 15.8. The number of likely N-dealkylation sites (tertiary alicyclic amines) is 1. The molecule has 0 aromatic heterocycles. The molecule has 1 aliphatic heterocycles. The highest BCUT2D eigenvalue weighted by molar-refractivity contribution is 6.30. The number of rotatable bonds is 2. The van der Waals surface area contributed by atoms with Crippen LogP contribution in [-0.4, -0.2) is 35.1 Å². The predicted octanol–water partition coefficient (Wildman–Crippen LogP) is 4.15. The Bertz CT molecular complexity index is 504. The molecular formula is C17H24ClNO2. The van der Waals surface area contributed by atoms with E-state index in [9.17, 15) is 4.79 Å². The molecule has 1 aromatic carbocycles. The summed E-state index contributed by atoms with van der Waals surface area (Å²) >= 11 is 5.84. The van der Waals surface area contributed by atoms with E-state index < -0.39 is 0 Å². The lowest BCUT2D eigenvalue weighted by atomic mass is 9.79. The topological polar surface area (TPSA) is 29.5 Å². The van der Waals surface area contributed by atoms with Gasteiger partial charge in [-0.3, -0.25) is 4.90 Å². The van der Waals surface area contributed by atoms with E-state index >= 15 is 0 Å². The van der Waals surface area contributed by atoms with Gasteiger partial charge in [-0.05, 0) is 59.0 Å². The quantitative estimate of drug-likeness (QED) is 0.769. The lowest BCUT2D eigenvalue weighted by Gasteiger charge is -2.53. The van der Waals surface area contributed by atoms with E-state index in [0.717, 1.165) is 12.8 Å². The van der Waals surface area contributed by atoms with Crippen LogP contribution < -0.4 is 0 Å². The van der Waals surface area contributed by atoms with Crippen molar-refractivity contribution in [3.63, 3.8) is 0 Å². The molecule has 2 rings (SSSR count). The minimum atomic E-state index is -0.271. The van der Waals surface area contributed by atoms with Gasteiger partial charge in [-0.15, -0.1) is 0 Å². The second kappa shape index (κ2) is 5.62. The van der Waals surface area contributed by atoms with Crippen LogP contribution in [0, 0.1) is 0 Å². The van der Waals surface area contributed by atoms with Gasteiger partial charge in [0.15, 0.2) is 0 Å². The van der Waals surface area contributed by atoms with Gasteiger partial charge < -0.3 is 4.74 Å². The van der Waals surface area contributed by atoms with Gasteiger partial charge >= 0.3 is 5.97 Å². The fourth-order valence-electron chi connectivity index (χ4n) is 3.17. The summed E-state index contributed by atoms with van der Waals surface area (Å²) in [5, 5.41) is 0.619. The maximum absolute atomic E-state index is 12.2. The Morgan fingerprint density at radius 1 is 1.14 bits per heavy atom. The van der Waals surface area contributed by atoms with Crippen LogP contribution in [0.5, 0.6) is 0 Å². The third-order valence-corrected chi connectivity index (χ3v) is 4.88. The first kappa shape index (κ1) is 16.3. The standard InChI is InChI=1S/C17H24ClNO2/c1-16(2)10-14(11-17(3,4)19(16)5)21-15(20)12-6-8-13(18)9-7-12/h6-9,14H,10-11H2,1-5H3. The summed E-state index contributed by atoms with van der Waals surface area (Å²) in [6.45, 7) is 8.77. The second-order valence-corrected chi connectivity index (χ2v) is 7.56. The van der Waals surface area contributed by atoms with E-state index in [2.05, 4.69) is 39.6 Å². The molecule has 4 heteroatoms. The average molecular weight is 310 g/mol. The van der Waals surface area contributed by atoms with Crippen molar-refractivity contribution in [2.75, 3.05) is 7.05 Å². The van der Waals surface area contributed by atoms with Gasteiger partial charge in [-0.1, -0.05) is 11.6 Å². The number of esters is 1. The minimum Gasteiger partial charge on any atom is -0.459 e. The van der Waals surface area contributed by atoms with Crippen molar-refractivity contribution in [2.45, 2.75) is 57.7 Å². The Kier molecular flexibility index (Phi) is 4.36. The van der Waals surface area contributed by atoms with Crippen LogP contribution in [0.25, 0.3) is 0 Å². The molecule has 1 saturated heterocycles. The van der Waals surface area contributed by atoms with E-state index in [0.29, 0.717) is 10.6 Å². The number of carbonyl (C=O) groups excluding carboxylic acids is 1. The molecule has 1 aliphatic rings. The van der Waals surface area contributed by atoms with Gasteiger partial charge in [-0.25, -0.2) is 4.79 Å². The molecule has 1 heterocycles. The summed E-state index contributed by atoms with van der Waals surface area (Å²) in [6.07, 6.45) is 1.62. The fourth-order valence-corrected chi connectivity index (χ4v) is 3.29. The first-order valence-corrected chi connectivity index (χ1v) is 7.70.